The molecule has 0 atom stereocenters. The van der Waals surface area contributed by atoms with Gasteiger partial charge in [0.1, 0.15) is 11.5 Å². The molecule has 92 valence electrons. The second kappa shape index (κ2) is 5.36. The van der Waals surface area contributed by atoms with Gasteiger partial charge in [-0.05, 0) is 36.2 Å². The molecule has 0 aliphatic rings. The zero-order valence-corrected chi connectivity index (χ0v) is 9.84. The fraction of sp³-hybridized carbons (Fsp3) is 0.133. The molecule has 2 aromatic carbocycles. The number of para-hydroxylation sites is 1. The van der Waals surface area contributed by atoms with E-state index in [-0.39, 0.29) is 17.3 Å². The van der Waals surface area contributed by atoms with E-state index in [2.05, 4.69) is 0 Å². The van der Waals surface area contributed by atoms with Gasteiger partial charge in [-0.25, -0.2) is 0 Å². The Morgan fingerprint density at radius 2 is 1.61 bits per heavy atom. The predicted molar refractivity (Wildman–Crippen MR) is 68.9 cm³/mol. The van der Waals surface area contributed by atoms with Crippen molar-refractivity contribution in [2.24, 2.45) is 0 Å². The molecule has 0 amide bonds. The molecular formula is C15H14O3. The number of Topliss-reactive ketones (excluding diaryl/α,β-unsaturated/α-hetero) is 1. The summed E-state index contributed by atoms with van der Waals surface area (Å²) in [7, 11) is 0. The zero-order chi connectivity index (χ0) is 13.0. The Morgan fingerprint density at radius 3 is 2.28 bits per heavy atom. The highest BCUT2D eigenvalue weighted by atomic mass is 16.3. The minimum atomic E-state index is -0.0822. The first kappa shape index (κ1) is 12.2. The van der Waals surface area contributed by atoms with Crippen molar-refractivity contribution < 1.29 is 15.0 Å². The van der Waals surface area contributed by atoms with Crippen molar-refractivity contribution in [1.82, 2.24) is 0 Å². The van der Waals surface area contributed by atoms with Gasteiger partial charge in [0, 0.05) is 6.42 Å². The Morgan fingerprint density at radius 1 is 0.944 bits per heavy atom. The normalized spacial score (nSPS) is 10.2. The second-order valence-electron chi connectivity index (χ2n) is 4.11. The number of hydrogen-bond donors (Lipinski definition) is 2. The van der Waals surface area contributed by atoms with Gasteiger partial charge in [-0.2, -0.15) is 0 Å². The van der Waals surface area contributed by atoms with E-state index in [1.807, 2.05) is 0 Å². The fourth-order valence-electron chi connectivity index (χ4n) is 1.76. The van der Waals surface area contributed by atoms with Gasteiger partial charge in [-0.15, -0.1) is 0 Å². The minimum absolute atomic E-state index is 0.0215. The molecule has 2 rings (SSSR count). The Balaban J connectivity index is 2.01. The number of aromatic hydroxyl groups is 2. The van der Waals surface area contributed by atoms with E-state index < -0.39 is 0 Å². The van der Waals surface area contributed by atoms with Gasteiger partial charge in [0.25, 0.3) is 0 Å². The molecular weight excluding hydrogens is 228 g/mol. The SMILES string of the molecule is O=C(CCc1ccc(O)cc1)c1ccccc1O. The Kier molecular flexibility index (Phi) is 3.63. The third-order valence-corrected chi connectivity index (χ3v) is 2.78. The number of carbonyl (C=O) groups is 1. The van der Waals surface area contributed by atoms with Crippen LogP contribution in [0, 0.1) is 0 Å². The van der Waals surface area contributed by atoms with Crippen LogP contribution in [0.1, 0.15) is 22.3 Å². The minimum Gasteiger partial charge on any atom is -0.508 e. The number of benzene rings is 2. The molecule has 0 unspecified atom stereocenters. The molecule has 0 heterocycles. The molecule has 0 saturated heterocycles. The van der Waals surface area contributed by atoms with E-state index in [9.17, 15) is 9.90 Å². The van der Waals surface area contributed by atoms with Gasteiger partial charge in [-0.1, -0.05) is 24.3 Å². The summed E-state index contributed by atoms with van der Waals surface area (Å²) in [5.74, 6) is 0.153. The first-order valence-corrected chi connectivity index (χ1v) is 5.76. The van der Waals surface area contributed by atoms with Crippen LogP contribution in [-0.4, -0.2) is 16.0 Å². The summed E-state index contributed by atoms with van der Waals surface area (Å²) in [6.45, 7) is 0. The number of aryl methyl sites for hydroxylation is 1. The molecule has 18 heavy (non-hydrogen) atoms. The molecule has 0 aromatic heterocycles. The number of phenols is 2. The molecule has 2 aromatic rings. The lowest BCUT2D eigenvalue weighted by Crippen LogP contribution is -2.01. The van der Waals surface area contributed by atoms with Crippen LogP contribution < -0.4 is 0 Å². The number of hydrogen-bond acceptors (Lipinski definition) is 3. The topological polar surface area (TPSA) is 57.5 Å². The predicted octanol–water partition coefficient (Wildman–Crippen LogP) is 2.91. The van der Waals surface area contributed by atoms with Crippen LogP contribution in [0.5, 0.6) is 11.5 Å². The lowest BCUT2D eigenvalue weighted by Gasteiger charge is -2.04. The molecule has 0 aliphatic carbocycles. The zero-order valence-electron chi connectivity index (χ0n) is 9.84. The van der Waals surface area contributed by atoms with Gasteiger partial charge in [0.05, 0.1) is 5.56 Å². The van der Waals surface area contributed by atoms with E-state index in [1.54, 1.807) is 42.5 Å². The van der Waals surface area contributed by atoms with E-state index in [1.165, 1.54) is 6.07 Å². The molecule has 3 heteroatoms. The smallest absolute Gasteiger partial charge is 0.166 e. The Hall–Kier alpha value is -2.29. The Bertz CT molecular complexity index is 544. The largest absolute Gasteiger partial charge is 0.508 e. The summed E-state index contributed by atoms with van der Waals surface area (Å²) < 4.78 is 0. The van der Waals surface area contributed by atoms with Gasteiger partial charge < -0.3 is 10.2 Å². The highest BCUT2D eigenvalue weighted by Gasteiger charge is 2.10. The molecule has 0 radical (unpaired) electrons. The molecule has 0 bridgehead atoms. The summed E-state index contributed by atoms with van der Waals surface area (Å²) in [5.41, 5.74) is 1.34. The first-order valence-electron chi connectivity index (χ1n) is 5.76. The van der Waals surface area contributed by atoms with Crippen molar-refractivity contribution in [1.29, 1.82) is 0 Å². The number of carbonyl (C=O) groups excluding carboxylic acids is 1. The third-order valence-electron chi connectivity index (χ3n) is 2.78. The fourth-order valence-corrected chi connectivity index (χ4v) is 1.76. The van der Waals surface area contributed by atoms with Crippen LogP contribution in [0.15, 0.2) is 48.5 Å². The van der Waals surface area contributed by atoms with Crippen molar-refractivity contribution in [3.8, 4) is 11.5 Å². The van der Waals surface area contributed by atoms with Crippen LogP contribution in [0.2, 0.25) is 0 Å². The maximum absolute atomic E-state index is 11.9. The van der Waals surface area contributed by atoms with Crippen LogP contribution in [0.4, 0.5) is 0 Å². The molecule has 0 spiro atoms. The summed E-state index contributed by atoms with van der Waals surface area (Å²) in [6, 6.07) is 13.3. The van der Waals surface area contributed by atoms with Crippen molar-refractivity contribution in [3.05, 3.63) is 59.7 Å². The molecule has 3 nitrogen and oxygen atoms in total. The number of ketones is 1. The highest BCUT2D eigenvalue weighted by Crippen LogP contribution is 2.19. The van der Waals surface area contributed by atoms with E-state index in [0.717, 1.165) is 5.56 Å². The number of phenolic OH excluding ortho intramolecular Hbond substituents is 2. The molecule has 0 fully saturated rings. The lowest BCUT2D eigenvalue weighted by molar-refractivity contribution is 0.0980. The summed E-state index contributed by atoms with van der Waals surface area (Å²) >= 11 is 0. The molecule has 0 saturated carbocycles. The van der Waals surface area contributed by atoms with Crippen molar-refractivity contribution in [2.75, 3.05) is 0 Å². The van der Waals surface area contributed by atoms with Crippen LogP contribution in [-0.2, 0) is 6.42 Å². The maximum Gasteiger partial charge on any atom is 0.166 e. The summed E-state index contributed by atoms with van der Waals surface area (Å²) in [4.78, 5) is 11.9. The highest BCUT2D eigenvalue weighted by molar-refractivity contribution is 5.98. The average molecular weight is 242 g/mol. The lowest BCUT2D eigenvalue weighted by atomic mass is 10.0. The van der Waals surface area contributed by atoms with Crippen molar-refractivity contribution >= 4 is 5.78 Å². The van der Waals surface area contributed by atoms with E-state index in [0.29, 0.717) is 18.4 Å². The molecule has 2 N–H and O–H groups in total. The van der Waals surface area contributed by atoms with Crippen molar-refractivity contribution in [3.63, 3.8) is 0 Å². The van der Waals surface area contributed by atoms with Gasteiger partial charge in [0.2, 0.25) is 0 Å². The third kappa shape index (κ3) is 2.88. The summed E-state index contributed by atoms with van der Waals surface area (Å²) in [5, 5.41) is 18.7. The van der Waals surface area contributed by atoms with E-state index in [4.69, 9.17) is 5.11 Å². The van der Waals surface area contributed by atoms with Crippen molar-refractivity contribution in [2.45, 2.75) is 12.8 Å². The average Bonchev–Trinajstić information content (AvgIpc) is 2.38. The van der Waals surface area contributed by atoms with Gasteiger partial charge in [0.15, 0.2) is 5.78 Å². The molecule has 0 aliphatic heterocycles. The van der Waals surface area contributed by atoms with E-state index >= 15 is 0 Å². The number of rotatable bonds is 4. The quantitative estimate of drug-likeness (QED) is 0.810. The van der Waals surface area contributed by atoms with Crippen LogP contribution in [0.25, 0.3) is 0 Å². The maximum atomic E-state index is 11.9. The van der Waals surface area contributed by atoms with Crippen LogP contribution >= 0.6 is 0 Å². The summed E-state index contributed by atoms with van der Waals surface area (Å²) in [6.07, 6.45) is 0.926. The second-order valence-corrected chi connectivity index (χ2v) is 4.11. The van der Waals surface area contributed by atoms with Gasteiger partial charge in [-0.3, -0.25) is 4.79 Å². The Labute approximate surface area is 105 Å². The first-order chi connectivity index (χ1) is 8.66. The standard InChI is InChI=1S/C15H14O3/c16-12-8-5-11(6-9-12)7-10-15(18)13-3-1-2-4-14(13)17/h1-6,8-9,16-17H,7,10H2. The van der Waals surface area contributed by atoms with Gasteiger partial charge >= 0.3 is 0 Å². The van der Waals surface area contributed by atoms with Crippen LogP contribution in [0.3, 0.4) is 0 Å². The monoisotopic (exact) mass is 242 g/mol.